The van der Waals surface area contributed by atoms with E-state index in [9.17, 15) is 0 Å². The van der Waals surface area contributed by atoms with Crippen molar-refractivity contribution in [2.45, 2.75) is 25.7 Å². The first kappa shape index (κ1) is 70.3. The van der Waals surface area contributed by atoms with Crippen LogP contribution in [0, 0.1) is 0 Å². The maximum atomic E-state index is 2.44. The Morgan fingerprint density at radius 1 is 0.147 bits per heavy atom. The second-order valence-electron chi connectivity index (χ2n) is 30.0. The van der Waals surface area contributed by atoms with E-state index in [1.165, 1.54) is 144 Å². The molecule has 0 saturated carbocycles. The quantitative estimate of drug-likeness (QED) is 0.0894. The Bertz CT molecular complexity index is 6710. The standard InChI is InChI=1S/C58H40N2.C54H42N2/c1-3-19-43(20-4-1)57-51-27-11-13-29-53(51)58(54-30-14-12-28-52(54)57)44-33-35-46(36-34-44)59(45-23-5-2-6-24-45)47-37-39-48(40-38-47)60(55-31-15-21-41-17-7-9-25-49(41)55)56-32-16-22-42-18-8-10-26-50(42)56;1-4-18-40(19-5-1)53-48-26-12-14-28-50(48)54(51-29-15-13-27-49(51)53)41-31-33-44(34-32-41)55(42-21-6-2-7-22-42)45-35-37-46(38-36-45)56(43-23-8-3-9-24-43)52-30-16-20-39-17-10-11-25-47(39)52/h1-40H;1-9,12-16,18-24,26-38H,10-11,17,25H2. The number of aryl methyl sites for hydroxylation is 1. The van der Waals surface area contributed by atoms with Gasteiger partial charge in [0.15, 0.2) is 0 Å². The van der Waals surface area contributed by atoms with E-state index in [1.54, 1.807) is 0 Å². The molecule has 0 spiro atoms. The van der Waals surface area contributed by atoms with Gasteiger partial charge in [-0.3, -0.25) is 0 Å². The molecule has 0 fully saturated rings. The van der Waals surface area contributed by atoms with Crippen molar-refractivity contribution in [2.24, 2.45) is 0 Å². The third kappa shape index (κ3) is 13.3. The first-order valence-corrected chi connectivity index (χ1v) is 40.4. The summed E-state index contributed by atoms with van der Waals surface area (Å²) in [5.41, 5.74) is 26.5. The molecule has 20 aromatic rings. The molecular formula is C112H82N4. The fourth-order valence-electron chi connectivity index (χ4n) is 18.0. The van der Waals surface area contributed by atoms with E-state index < -0.39 is 0 Å². The molecule has 4 heteroatoms. The lowest BCUT2D eigenvalue weighted by molar-refractivity contribution is 0.686. The summed E-state index contributed by atoms with van der Waals surface area (Å²) in [6.45, 7) is 0. The Hall–Kier alpha value is -14.8. The SMILES string of the molecule is c1ccc(-c2c3ccccc3c(-c3ccc(N(c4ccccc4)c4ccc(N(c5cccc6ccccc56)c5cccc6ccccc56)cc4)cc3)c3ccccc23)cc1.c1ccc(-c2c3ccccc3c(-c3ccc(N(c4ccccc4)c4ccc(N(c5ccccc5)c5cccc6c5CCCC6)cc4)cc3)c3ccccc23)cc1. The van der Waals surface area contributed by atoms with Gasteiger partial charge in [-0.05, 0) is 263 Å². The van der Waals surface area contributed by atoms with Crippen LogP contribution in [0.2, 0.25) is 0 Å². The normalized spacial score (nSPS) is 11.8. The van der Waals surface area contributed by atoms with E-state index in [-0.39, 0.29) is 0 Å². The molecule has 0 bridgehead atoms. The molecule has 0 heterocycles. The molecule has 0 atom stereocenters. The Kier molecular flexibility index (Phi) is 19.0. The minimum Gasteiger partial charge on any atom is -0.311 e. The van der Waals surface area contributed by atoms with Crippen LogP contribution in [0.5, 0.6) is 0 Å². The third-order valence-corrected chi connectivity index (χ3v) is 23.2. The average molecular weight is 1480 g/mol. The fraction of sp³-hybridized carbons (Fsp3) is 0.0357. The lowest BCUT2D eigenvalue weighted by Crippen LogP contribution is -2.15. The minimum absolute atomic E-state index is 1.08. The summed E-state index contributed by atoms with van der Waals surface area (Å²) in [5.74, 6) is 0. The Balaban J connectivity index is 0.000000150. The lowest BCUT2D eigenvalue weighted by atomic mass is 9.86. The molecule has 0 amide bonds. The van der Waals surface area contributed by atoms with Gasteiger partial charge < -0.3 is 19.6 Å². The number of para-hydroxylation sites is 3. The number of fused-ring (bicyclic) bond motifs is 7. The molecule has 550 valence electrons. The molecule has 0 saturated heterocycles. The highest BCUT2D eigenvalue weighted by Crippen LogP contribution is 2.50. The first-order valence-electron chi connectivity index (χ1n) is 40.4. The van der Waals surface area contributed by atoms with Crippen molar-refractivity contribution < 1.29 is 0 Å². The number of hydrogen-bond donors (Lipinski definition) is 0. The van der Waals surface area contributed by atoms with E-state index in [2.05, 4.69) is 469 Å². The van der Waals surface area contributed by atoms with Gasteiger partial charge in [-0.1, -0.05) is 322 Å². The van der Waals surface area contributed by atoms with Crippen LogP contribution in [0.3, 0.4) is 0 Å². The molecular weight excluding hydrogens is 1400 g/mol. The minimum atomic E-state index is 1.08. The monoisotopic (exact) mass is 1480 g/mol. The Morgan fingerprint density at radius 2 is 0.379 bits per heavy atom. The maximum absolute atomic E-state index is 2.44. The zero-order chi connectivity index (χ0) is 77.1. The van der Waals surface area contributed by atoms with Crippen LogP contribution < -0.4 is 19.6 Å². The second kappa shape index (κ2) is 31.4. The predicted molar refractivity (Wildman–Crippen MR) is 495 cm³/mol. The number of benzene rings is 20. The second-order valence-corrected chi connectivity index (χ2v) is 30.0. The van der Waals surface area contributed by atoms with Gasteiger partial charge in [-0.25, -0.2) is 0 Å². The lowest BCUT2D eigenvalue weighted by Gasteiger charge is -2.31. The van der Waals surface area contributed by atoms with Crippen LogP contribution >= 0.6 is 0 Å². The summed E-state index contributed by atoms with van der Waals surface area (Å²) in [6, 6.07) is 163. The molecule has 116 heavy (non-hydrogen) atoms. The van der Waals surface area contributed by atoms with Gasteiger partial charge in [0, 0.05) is 67.6 Å². The molecule has 4 nitrogen and oxygen atoms in total. The predicted octanol–water partition coefficient (Wildman–Crippen LogP) is 31.7. The summed E-state index contributed by atoms with van der Waals surface area (Å²) >= 11 is 0. The average Bonchev–Trinajstić information content (AvgIpc) is 0.738. The van der Waals surface area contributed by atoms with Gasteiger partial charge in [-0.2, -0.15) is 0 Å². The van der Waals surface area contributed by atoms with E-state index in [0.29, 0.717) is 0 Å². The third-order valence-electron chi connectivity index (χ3n) is 23.2. The molecule has 0 unspecified atom stereocenters. The summed E-state index contributed by atoms with van der Waals surface area (Å²) in [6.07, 6.45) is 4.77. The van der Waals surface area contributed by atoms with Crippen molar-refractivity contribution in [1.29, 1.82) is 0 Å². The van der Waals surface area contributed by atoms with Gasteiger partial charge in [0.05, 0.1) is 11.4 Å². The van der Waals surface area contributed by atoms with Crippen LogP contribution in [-0.2, 0) is 12.8 Å². The van der Waals surface area contributed by atoms with Gasteiger partial charge in [0.2, 0.25) is 0 Å². The van der Waals surface area contributed by atoms with Crippen LogP contribution in [0.25, 0.3) is 109 Å². The zero-order valence-electron chi connectivity index (χ0n) is 64.3. The number of rotatable bonds is 16. The smallest absolute Gasteiger partial charge is 0.0540 e. The van der Waals surface area contributed by atoms with E-state index >= 15 is 0 Å². The Labute approximate surface area is 678 Å². The van der Waals surface area contributed by atoms with Crippen molar-refractivity contribution in [3.8, 4) is 44.5 Å². The topological polar surface area (TPSA) is 13.0 Å². The Morgan fingerprint density at radius 3 is 0.733 bits per heavy atom. The molecule has 21 rings (SSSR count). The van der Waals surface area contributed by atoms with Crippen molar-refractivity contribution in [2.75, 3.05) is 19.6 Å². The molecule has 1 aliphatic rings. The molecule has 0 radical (unpaired) electrons. The van der Waals surface area contributed by atoms with Crippen molar-refractivity contribution in [3.05, 3.63) is 460 Å². The fourth-order valence-corrected chi connectivity index (χ4v) is 18.0. The summed E-state index contributed by atoms with van der Waals surface area (Å²) in [5, 5.41) is 14.9. The first-order chi connectivity index (χ1) is 57.6. The summed E-state index contributed by atoms with van der Waals surface area (Å²) in [4.78, 5) is 9.56. The molecule has 0 aliphatic heterocycles. The van der Waals surface area contributed by atoms with Crippen LogP contribution in [0.15, 0.2) is 449 Å². The highest BCUT2D eigenvalue weighted by atomic mass is 15.2. The largest absolute Gasteiger partial charge is 0.311 e. The van der Waals surface area contributed by atoms with Gasteiger partial charge in [0.1, 0.15) is 0 Å². The highest BCUT2D eigenvalue weighted by Gasteiger charge is 2.26. The van der Waals surface area contributed by atoms with E-state index in [1.807, 2.05) is 0 Å². The molecule has 0 N–H and O–H groups in total. The van der Waals surface area contributed by atoms with E-state index in [4.69, 9.17) is 0 Å². The zero-order valence-corrected chi connectivity index (χ0v) is 64.3. The maximum Gasteiger partial charge on any atom is 0.0540 e. The van der Waals surface area contributed by atoms with Gasteiger partial charge in [-0.15, -0.1) is 0 Å². The summed E-state index contributed by atoms with van der Waals surface area (Å²) in [7, 11) is 0. The summed E-state index contributed by atoms with van der Waals surface area (Å²) < 4.78 is 0. The van der Waals surface area contributed by atoms with Crippen LogP contribution in [-0.4, -0.2) is 0 Å². The number of nitrogens with zero attached hydrogens (tertiary/aromatic N) is 4. The van der Waals surface area contributed by atoms with Gasteiger partial charge in [0.25, 0.3) is 0 Å². The van der Waals surface area contributed by atoms with Crippen LogP contribution in [0.1, 0.15) is 24.0 Å². The number of hydrogen-bond acceptors (Lipinski definition) is 4. The molecule has 1 aliphatic carbocycles. The molecule has 0 aromatic heterocycles. The van der Waals surface area contributed by atoms with Crippen molar-refractivity contribution in [3.63, 3.8) is 0 Å². The highest BCUT2D eigenvalue weighted by molar-refractivity contribution is 6.23. The van der Waals surface area contributed by atoms with Crippen LogP contribution in [0.4, 0.5) is 68.2 Å². The van der Waals surface area contributed by atoms with Gasteiger partial charge >= 0.3 is 0 Å². The van der Waals surface area contributed by atoms with Crippen molar-refractivity contribution >= 4 is 133 Å². The van der Waals surface area contributed by atoms with Crippen molar-refractivity contribution in [1.82, 2.24) is 0 Å². The van der Waals surface area contributed by atoms with E-state index in [0.717, 1.165) is 69.7 Å². The number of anilines is 12. The molecule has 20 aromatic carbocycles.